The van der Waals surface area contributed by atoms with E-state index in [2.05, 4.69) is 20.7 Å². The van der Waals surface area contributed by atoms with E-state index < -0.39 is 0 Å². The maximum atomic E-state index is 5.20. The average molecular weight is 204 g/mol. The molecule has 0 saturated carbocycles. The van der Waals surface area contributed by atoms with Crippen LogP contribution in [0.4, 0.5) is 5.82 Å². The number of hydrazine groups is 1. The average Bonchev–Trinajstić information content (AvgIpc) is 2.58. The van der Waals surface area contributed by atoms with Gasteiger partial charge in [0.2, 0.25) is 0 Å². The highest BCUT2D eigenvalue weighted by molar-refractivity contribution is 5.61. The first kappa shape index (κ1) is 9.60. The van der Waals surface area contributed by atoms with Gasteiger partial charge in [-0.2, -0.15) is 5.10 Å². The summed E-state index contributed by atoms with van der Waals surface area (Å²) in [6, 6.07) is 3.63. The van der Waals surface area contributed by atoms with Crippen LogP contribution in [0.1, 0.15) is 5.69 Å². The number of nitrogen functional groups attached to an aromatic ring is 1. The topological polar surface area (TPSA) is 81.7 Å². The van der Waals surface area contributed by atoms with Crippen LogP contribution in [0.15, 0.2) is 18.3 Å². The van der Waals surface area contributed by atoms with Crippen molar-refractivity contribution < 1.29 is 0 Å². The Morgan fingerprint density at radius 2 is 2.13 bits per heavy atom. The predicted octanol–water partition coefficient (Wildman–Crippen LogP) is 0.471. The minimum Gasteiger partial charge on any atom is -0.307 e. The van der Waals surface area contributed by atoms with Crippen LogP contribution < -0.4 is 11.3 Å². The van der Waals surface area contributed by atoms with E-state index in [0.717, 1.165) is 17.0 Å². The van der Waals surface area contributed by atoms with Crippen molar-refractivity contribution in [3.63, 3.8) is 0 Å². The van der Waals surface area contributed by atoms with E-state index in [-0.39, 0.29) is 0 Å². The maximum Gasteiger partial charge on any atom is 0.162 e. The van der Waals surface area contributed by atoms with Crippen LogP contribution in [0.3, 0.4) is 0 Å². The van der Waals surface area contributed by atoms with Crippen molar-refractivity contribution in [1.82, 2.24) is 20.0 Å². The predicted molar refractivity (Wildman–Crippen MR) is 56.8 cm³/mol. The van der Waals surface area contributed by atoms with Gasteiger partial charge < -0.3 is 5.43 Å². The largest absolute Gasteiger partial charge is 0.307 e. The van der Waals surface area contributed by atoms with Gasteiger partial charge in [-0.3, -0.25) is 4.68 Å². The zero-order valence-electron chi connectivity index (χ0n) is 8.60. The number of nitrogens with one attached hydrogen (secondary N) is 1. The van der Waals surface area contributed by atoms with Crippen LogP contribution in [-0.2, 0) is 7.05 Å². The number of anilines is 1. The molecule has 0 spiro atoms. The number of hydrogen-bond acceptors (Lipinski definition) is 5. The first-order chi connectivity index (χ1) is 7.20. The minimum absolute atomic E-state index is 0.542. The molecule has 0 radical (unpaired) electrons. The molecule has 0 aliphatic rings. The molecule has 2 rings (SSSR count). The van der Waals surface area contributed by atoms with E-state index in [0.29, 0.717) is 5.82 Å². The van der Waals surface area contributed by atoms with E-state index in [9.17, 15) is 0 Å². The third-order valence-electron chi connectivity index (χ3n) is 2.10. The van der Waals surface area contributed by atoms with Crippen LogP contribution in [-0.4, -0.2) is 20.0 Å². The van der Waals surface area contributed by atoms with Crippen molar-refractivity contribution in [2.75, 3.05) is 5.43 Å². The van der Waals surface area contributed by atoms with Crippen molar-refractivity contribution in [2.45, 2.75) is 6.92 Å². The molecule has 2 aromatic heterocycles. The number of rotatable bonds is 2. The SMILES string of the molecule is Cc1nn(C)cc1-c1ccc(NN)nn1. The number of hydrogen-bond donors (Lipinski definition) is 2. The highest BCUT2D eigenvalue weighted by Gasteiger charge is 2.07. The monoisotopic (exact) mass is 204 g/mol. The molecule has 15 heavy (non-hydrogen) atoms. The van der Waals surface area contributed by atoms with Gasteiger partial charge in [0.25, 0.3) is 0 Å². The molecule has 3 N–H and O–H groups in total. The maximum absolute atomic E-state index is 5.20. The lowest BCUT2D eigenvalue weighted by molar-refractivity contribution is 0.756. The van der Waals surface area contributed by atoms with E-state index in [1.165, 1.54) is 0 Å². The third kappa shape index (κ3) is 1.79. The fourth-order valence-electron chi connectivity index (χ4n) is 1.40. The van der Waals surface area contributed by atoms with E-state index in [4.69, 9.17) is 5.84 Å². The molecular formula is C9H12N6. The second-order valence-corrected chi connectivity index (χ2v) is 3.25. The van der Waals surface area contributed by atoms with Gasteiger partial charge in [0.15, 0.2) is 5.82 Å². The summed E-state index contributed by atoms with van der Waals surface area (Å²) in [5.41, 5.74) is 5.13. The number of aryl methyl sites for hydroxylation is 2. The summed E-state index contributed by atoms with van der Waals surface area (Å²) in [6.07, 6.45) is 1.91. The van der Waals surface area contributed by atoms with E-state index in [1.54, 1.807) is 10.7 Å². The van der Waals surface area contributed by atoms with Gasteiger partial charge in [-0.1, -0.05) is 0 Å². The molecule has 0 fully saturated rings. The second-order valence-electron chi connectivity index (χ2n) is 3.25. The Morgan fingerprint density at radius 1 is 1.33 bits per heavy atom. The fourth-order valence-corrected chi connectivity index (χ4v) is 1.40. The zero-order chi connectivity index (χ0) is 10.8. The van der Waals surface area contributed by atoms with E-state index in [1.807, 2.05) is 26.2 Å². The van der Waals surface area contributed by atoms with Crippen molar-refractivity contribution in [1.29, 1.82) is 0 Å². The van der Waals surface area contributed by atoms with Gasteiger partial charge >= 0.3 is 0 Å². The molecule has 0 bridgehead atoms. The Kier molecular flexibility index (Phi) is 2.34. The first-order valence-electron chi connectivity index (χ1n) is 4.51. The summed E-state index contributed by atoms with van der Waals surface area (Å²) in [6.45, 7) is 1.94. The van der Waals surface area contributed by atoms with Gasteiger partial charge in [-0.25, -0.2) is 5.84 Å². The quantitative estimate of drug-likeness (QED) is 0.549. The normalized spacial score (nSPS) is 10.3. The number of aromatic nitrogens is 4. The molecule has 0 atom stereocenters. The summed E-state index contributed by atoms with van der Waals surface area (Å²) in [5, 5.41) is 12.2. The van der Waals surface area contributed by atoms with Crippen molar-refractivity contribution in [3.05, 3.63) is 24.0 Å². The fraction of sp³-hybridized carbons (Fsp3) is 0.222. The lowest BCUT2D eigenvalue weighted by atomic mass is 10.2. The molecule has 0 aliphatic heterocycles. The Labute approximate surface area is 87.1 Å². The van der Waals surface area contributed by atoms with Crippen molar-refractivity contribution in [3.8, 4) is 11.3 Å². The second kappa shape index (κ2) is 3.66. The number of nitrogens with zero attached hydrogens (tertiary/aromatic N) is 4. The Morgan fingerprint density at radius 3 is 2.60 bits per heavy atom. The summed E-state index contributed by atoms with van der Waals surface area (Å²) >= 11 is 0. The molecule has 0 amide bonds. The van der Waals surface area contributed by atoms with Gasteiger partial charge in [-0.15, -0.1) is 10.2 Å². The van der Waals surface area contributed by atoms with Crippen LogP contribution in [0.5, 0.6) is 0 Å². The molecule has 2 aromatic rings. The van der Waals surface area contributed by atoms with Crippen LogP contribution in [0, 0.1) is 6.92 Å². The smallest absolute Gasteiger partial charge is 0.162 e. The number of nitrogens with two attached hydrogens (primary N) is 1. The molecule has 0 saturated heterocycles. The van der Waals surface area contributed by atoms with Gasteiger partial charge in [-0.05, 0) is 19.1 Å². The summed E-state index contributed by atoms with van der Waals surface area (Å²) in [4.78, 5) is 0. The van der Waals surface area contributed by atoms with Crippen molar-refractivity contribution in [2.24, 2.45) is 12.9 Å². The van der Waals surface area contributed by atoms with Crippen LogP contribution in [0.2, 0.25) is 0 Å². The highest BCUT2D eigenvalue weighted by Crippen LogP contribution is 2.19. The highest BCUT2D eigenvalue weighted by atomic mass is 15.3. The molecule has 0 aromatic carbocycles. The summed E-state index contributed by atoms with van der Waals surface area (Å²) in [7, 11) is 1.87. The molecule has 6 heteroatoms. The van der Waals surface area contributed by atoms with Gasteiger partial charge in [0.05, 0.1) is 11.4 Å². The Balaban J connectivity index is 2.41. The van der Waals surface area contributed by atoms with Crippen LogP contribution >= 0.6 is 0 Å². The molecule has 0 unspecified atom stereocenters. The van der Waals surface area contributed by atoms with Gasteiger partial charge in [0, 0.05) is 18.8 Å². The lowest BCUT2D eigenvalue weighted by Gasteiger charge is -1.99. The lowest BCUT2D eigenvalue weighted by Crippen LogP contribution is -2.09. The Bertz CT molecular complexity index is 458. The van der Waals surface area contributed by atoms with E-state index >= 15 is 0 Å². The molecular weight excluding hydrogens is 192 g/mol. The standard InChI is InChI=1S/C9H12N6/c1-6-7(5-15(2)14-6)8-3-4-9(11-10)13-12-8/h3-5H,10H2,1-2H3,(H,11,13). The summed E-state index contributed by atoms with van der Waals surface area (Å²) in [5.74, 6) is 5.75. The minimum atomic E-state index is 0.542. The molecule has 78 valence electrons. The third-order valence-corrected chi connectivity index (χ3v) is 2.10. The zero-order valence-corrected chi connectivity index (χ0v) is 8.60. The van der Waals surface area contributed by atoms with Crippen LogP contribution in [0.25, 0.3) is 11.3 Å². The molecule has 2 heterocycles. The van der Waals surface area contributed by atoms with Crippen molar-refractivity contribution >= 4 is 5.82 Å². The first-order valence-corrected chi connectivity index (χ1v) is 4.51. The summed E-state index contributed by atoms with van der Waals surface area (Å²) < 4.78 is 1.75. The molecule has 0 aliphatic carbocycles. The van der Waals surface area contributed by atoms with Gasteiger partial charge in [0.1, 0.15) is 0 Å². The Hall–Kier alpha value is -1.95. The molecule has 6 nitrogen and oxygen atoms in total.